The van der Waals surface area contributed by atoms with Crippen LogP contribution in [0.3, 0.4) is 0 Å². The fraction of sp³-hybridized carbons (Fsp3) is 0.318. The van der Waals surface area contributed by atoms with E-state index in [1.165, 1.54) is 0 Å². The Hall–Kier alpha value is -2.35. The summed E-state index contributed by atoms with van der Waals surface area (Å²) in [6.45, 7) is 2.72. The number of ether oxygens (including phenoxy) is 2. The van der Waals surface area contributed by atoms with Gasteiger partial charge in [0.1, 0.15) is 5.75 Å². The highest BCUT2D eigenvalue weighted by Gasteiger charge is 2.10. The lowest BCUT2D eigenvalue weighted by molar-refractivity contribution is -0.119. The second kappa shape index (κ2) is 13.1. The first-order valence-electron chi connectivity index (χ1n) is 9.85. The van der Waals surface area contributed by atoms with E-state index in [-0.39, 0.29) is 17.4 Å². The SMILES string of the molecule is CCCCOC(=O)c1cccc(NC(=S)NC(=O)CCCOc2ccc(Cl)cc2Cl)c1. The Balaban J connectivity index is 1.73. The van der Waals surface area contributed by atoms with Crippen LogP contribution in [0, 0.1) is 0 Å². The number of amides is 1. The van der Waals surface area contributed by atoms with Crippen LogP contribution in [0.4, 0.5) is 5.69 Å². The molecule has 2 rings (SSSR count). The Morgan fingerprint density at radius 2 is 1.87 bits per heavy atom. The van der Waals surface area contributed by atoms with Crippen LogP contribution in [0.25, 0.3) is 0 Å². The molecule has 6 nitrogen and oxygen atoms in total. The van der Waals surface area contributed by atoms with Gasteiger partial charge in [-0.05, 0) is 61.5 Å². The van der Waals surface area contributed by atoms with Crippen molar-refractivity contribution >= 4 is 58.1 Å². The van der Waals surface area contributed by atoms with E-state index in [4.69, 9.17) is 44.9 Å². The van der Waals surface area contributed by atoms with Gasteiger partial charge in [-0.3, -0.25) is 4.79 Å². The van der Waals surface area contributed by atoms with Crippen LogP contribution >= 0.6 is 35.4 Å². The van der Waals surface area contributed by atoms with Crippen LogP contribution in [0.15, 0.2) is 42.5 Å². The Morgan fingerprint density at radius 3 is 2.61 bits per heavy atom. The standard InChI is InChI=1S/C22H24Cl2N2O4S/c1-2-3-11-30-21(28)15-6-4-7-17(13-15)25-22(31)26-20(27)8-5-12-29-19-10-9-16(23)14-18(19)24/h4,6-7,9-10,13-14H,2-3,5,8,11-12H2,1H3,(H2,25,26,27,31). The average molecular weight is 483 g/mol. The highest BCUT2D eigenvalue weighted by Crippen LogP contribution is 2.27. The molecule has 0 atom stereocenters. The van der Waals surface area contributed by atoms with Crippen molar-refractivity contribution in [1.82, 2.24) is 5.32 Å². The molecule has 9 heteroatoms. The van der Waals surface area contributed by atoms with Gasteiger partial charge in [0.2, 0.25) is 5.91 Å². The van der Waals surface area contributed by atoms with E-state index < -0.39 is 5.97 Å². The van der Waals surface area contributed by atoms with Crippen molar-refractivity contribution in [2.45, 2.75) is 32.6 Å². The molecule has 0 unspecified atom stereocenters. The average Bonchev–Trinajstić information content (AvgIpc) is 2.72. The van der Waals surface area contributed by atoms with Gasteiger partial charge >= 0.3 is 5.97 Å². The smallest absolute Gasteiger partial charge is 0.338 e. The van der Waals surface area contributed by atoms with Gasteiger partial charge in [-0.25, -0.2) is 4.79 Å². The second-order valence-corrected chi connectivity index (χ2v) is 7.85. The molecule has 2 aromatic rings. The maximum Gasteiger partial charge on any atom is 0.338 e. The van der Waals surface area contributed by atoms with E-state index in [9.17, 15) is 9.59 Å². The highest BCUT2D eigenvalue weighted by molar-refractivity contribution is 7.80. The quantitative estimate of drug-likeness (QED) is 0.260. The van der Waals surface area contributed by atoms with Crippen LogP contribution in [-0.2, 0) is 9.53 Å². The molecule has 0 aliphatic heterocycles. The zero-order valence-electron chi connectivity index (χ0n) is 17.1. The van der Waals surface area contributed by atoms with Crippen molar-refractivity contribution in [3.63, 3.8) is 0 Å². The van der Waals surface area contributed by atoms with Gasteiger partial charge in [0.25, 0.3) is 0 Å². The molecule has 0 bridgehead atoms. The number of thiocarbonyl (C=S) groups is 1. The predicted molar refractivity (Wildman–Crippen MR) is 127 cm³/mol. The first-order chi connectivity index (χ1) is 14.9. The number of halogens is 2. The van der Waals surface area contributed by atoms with Crippen LogP contribution < -0.4 is 15.4 Å². The number of rotatable bonds is 10. The van der Waals surface area contributed by atoms with Gasteiger partial charge in [0, 0.05) is 17.1 Å². The van der Waals surface area contributed by atoms with Crippen molar-refractivity contribution in [3.05, 3.63) is 58.1 Å². The first-order valence-corrected chi connectivity index (χ1v) is 11.0. The number of carbonyl (C=O) groups is 2. The minimum absolute atomic E-state index is 0.142. The number of carbonyl (C=O) groups excluding carboxylic acids is 2. The number of hydrogen-bond acceptors (Lipinski definition) is 5. The highest BCUT2D eigenvalue weighted by atomic mass is 35.5. The lowest BCUT2D eigenvalue weighted by Gasteiger charge is -2.11. The molecule has 31 heavy (non-hydrogen) atoms. The van der Waals surface area contributed by atoms with Crippen molar-refractivity contribution in [3.8, 4) is 5.75 Å². The van der Waals surface area contributed by atoms with E-state index in [1.807, 2.05) is 6.92 Å². The van der Waals surface area contributed by atoms with Crippen LogP contribution in [0.5, 0.6) is 5.75 Å². The first kappa shape index (κ1) is 24.9. The molecule has 0 saturated heterocycles. The number of anilines is 1. The van der Waals surface area contributed by atoms with E-state index in [1.54, 1.807) is 42.5 Å². The zero-order chi connectivity index (χ0) is 22.6. The molecule has 166 valence electrons. The molecule has 0 spiro atoms. The largest absolute Gasteiger partial charge is 0.492 e. The van der Waals surface area contributed by atoms with Gasteiger partial charge in [-0.2, -0.15) is 0 Å². The monoisotopic (exact) mass is 482 g/mol. The molecule has 0 saturated carbocycles. The third kappa shape index (κ3) is 9.12. The normalized spacial score (nSPS) is 10.3. The molecule has 0 aliphatic rings. The molecule has 0 aromatic heterocycles. The summed E-state index contributed by atoms with van der Waals surface area (Å²) < 4.78 is 10.7. The van der Waals surface area contributed by atoms with Crippen molar-refractivity contribution < 1.29 is 19.1 Å². The molecule has 2 aromatic carbocycles. The summed E-state index contributed by atoms with van der Waals surface area (Å²) in [6.07, 6.45) is 2.46. The van der Waals surface area contributed by atoms with E-state index in [2.05, 4.69) is 10.6 Å². The fourth-order valence-electron chi connectivity index (χ4n) is 2.48. The lowest BCUT2D eigenvalue weighted by atomic mass is 10.2. The van der Waals surface area contributed by atoms with E-state index in [0.29, 0.717) is 46.7 Å². The molecule has 0 radical (unpaired) electrons. The maximum absolute atomic E-state index is 12.1. The molecule has 0 heterocycles. The summed E-state index contributed by atoms with van der Waals surface area (Å²) in [5.74, 6) is -0.136. The van der Waals surface area contributed by atoms with Crippen LogP contribution in [0.2, 0.25) is 10.0 Å². The topological polar surface area (TPSA) is 76.7 Å². The van der Waals surface area contributed by atoms with E-state index >= 15 is 0 Å². The van der Waals surface area contributed by atoms with Crippen molar-refractivity contribution in [2.24, 2.45) is 0 Å². The number of unbranched alkanes of at least 4 members (excludes halogenated alkanes) is 1. The second-order valence-electron chi connectivity index (χ2n) is 6.60. The summed E-state index contributed by atoms with van der Waals surface area (Å²) in [6, 6.07) is 11.7. The van der Waals surface area contributed by atoms with Crippen LogP contribution in [-0.4, -0.2) is 30.2 Å². The van der Waals surface area contributed by atoms with Gasteiger partial charge < -0.3 is 20.1 Å². The molecular weight excluding hydrogens is 459 g/mol. The summed E-state index contributed by atoms with van der Waals surface area (Å²) in [7, 11) is 0. The summed E-state index contributed by atoms with van der Waals surface area (Å²) in [4.78, 5) is 24.1. The van der Waals surface area contributed by atoms with Crippen molar-refractivity contribution in [1.29, 1.82) is 0 Å². The number of esters is 1. The van der Waals surface area contributed by atoms with Gasteiger partial charge in [0.15, 0.2) is 5.11 Å². The Morgan fingerprint density at radius 1 is 1.06 bits per heavy atom. The Kier molecular flexibility index (Phi) is 10.6. The number of benzene rings is 2. The molecular formula is C22H24Cl2N2O4S. The molecule has 2 N–H and O–H groups in total. The fourth-order valence-corrected chi connectivity index (χ4v) is 3.17. The minimum atomic E-state index is -0.396. The minimum Gasteiger partial charge on any atom is -0.492 e. The zero-order valence-corrected chi connectivity index (χ0v) is 19.4. The third-order valence-electron chi connectivity index (χ3n) is 4.04. The summed E-state index contributed by atoms with van der Waals surface area (Å²) in [5, 5.41) is 6.58. The predicted octanol–water partition coefficient (Wildman–Crippen LogP) is 5.62. The van der Waals surface area contributed by atoms with Crippen LogP contribution in [0.1, 0.15) is 43.0 Å². The lowest BCUT2D eigenvalue weighted by Crippen LogP contribution is -2.34. The number of nitrogens with one attached hydrogen (secondary N) is 2. The van der Waals surface area contributed by atoms with Gasteiger partial charge in [-0.15, -0.1) is 0 Å². The number of hydrogen-bond donors (Lipinski definition) is 2. The maximum atomic E-state index is 12.1. The Labute approximate surface area is 197 Å². The molecule has 1 amide bonds. The summed E-state index contributed by atoms with van der Waals surface area (Å²) >= 11 is 17.0. The molecule has 0 aliphatic carbocycles. The van der Waals surface area contributed by atoms with Crippen molar-refractivity contribution in [2.75, 3.05) is 18.5 Å². The van der Waals surface area contributed by atoms with E-state index in [0.717, 1.165) is 12.8 Å². The van der Waals surface area contributed by atoms with Gasteiger partial charge in [-0.1, -0.05) is 42.6 Å². The Bertz CT molecular complexity index is 924. The summed E-state index contributed by atoms with van der Waals surface area (Å²) in [5.41, 5.74) is 0.990. The molecule has 0 fully saturated rings. The third-order valence-corrected chi connectivity index (χ3v) is 4.77. The van der Waals surface area contributed by atoms with Gasteiger partial charge in [0.05, 0.1) is 23.8 Å².